The van der Waals surface area contributed by atoms with Gasteiger partial charge in [0.05, 0.1) is 5.69 Å². The molecule has 1 aliphatic rings. The molecule has 0 atom stereocenters. The van der Waals surface area contributed by atoms with Crippen molar-refractivity contribution in [3.05, 3.63) is 23.2 Å². The van der Waals surface area contributed by atoms with E-state index in [1.54, 1.807) is 23.1 Å². The average Bonchev–Trinajstić information content (AvgIpc) is 2.83. The van der Waals surface area contributed by atoms with Crippen molar-refractivity contribution in [1.82, 2.24) is 4.90 Å². The van der Waals surface area contributed by atoms with Crippen LogP contribution < -0.4 is 10.5 Å². The van der Waals surface area contributed by atoms with E-state index in [9.17, 15) is 4.79 Å². The third-order valence-electron chi connectivity index (χ3n) is 2.79. The number of ether oxygens (including phenoxy) is 1. The number of hydrogen-bond acceptors (Lipinski definition) is 3. The third-order valence-corrected chi connectivity index (χ3v) is 3.02. The van der Waals surface area contributed by atoms with Crippen LogP contribution in [0.1, 0.15) is 12.8 Å². The minimum Gasteiger partial charge on any atom is -0.482 e. The van der Waals surface area contributed by atoms with E-state index in [4.69, 9.17) is 22.1 Å². The number of carbonyl (C=O) groups excluding carboxylic acids is 1. The summed E-state index contributed by atoms with van der Waals surface area (Å²) < 4.78 is 5.39. The number of likely N-dealkylation sites (tertiary alicyclic amines) is 1. The molecule has 0 aromatic heterocycles. The van der Waals surface area contributed by atoms with Gasteiger partial charge < -0.3 is 15.4 Å². The van der Waals surface area contributed by atoms with Gasteiger partial charge in [0, 0.05) is 24.2 Å². The molecule has 0 saturated carbocycles. The number of nitrogen functional groups attached to an aromatic ring is 1. The summed E-state index contributed by atoms with van der Waals surface area (Å²) in [5.74, 6) is 0.465. The maximum Gasteiger partial charge on any atom is 0.260 e. The molecule has 1 aromatic carbocycles. The summed E-state index contributed by atoms with van der Waals surface area (Å²) in [5, 5.41) is 0.544. The third kappa shape index (κ3) is 3.03. The number of nitrogens with zero attached hydrogens (tertiary/aromatic N) is 1. The van der Waals surface area contributed by atoms with Crippen LogP contribution in [-0.4, -0.2) is 30.5 Å². The molecule has 0 aliphatic carbocycles. The molecular formula is C12H15ClN2O2. The Balaban J connectivity index is 1.92. The first-order valence-electron chi connectivity index (χ1n) is 5.62. The number of amides is 1. The molecule has 4 nitrogen and oxygen atoms in total. The highest BCUT2D eigenvalue weighted by molar-refractivity contribution is 6.30. The fraction of sp³-hybridized carbons (Fsp3) is 0.417. The van der Waals surface area contributed by atoms with Crippen LogP contribution in [0.5, 0.6) is 5.75 Å². The molecule has 5 heteroatoms. The topological polar surface area (TPSA) is 55.6 Å². The van der Waals surface area contributed by atoms with Gasteiger partial charge in [-0.05, 0) is 25.0 Å². The van der Waals surface area contributed by atoms with E-state index in [1.165, 1.54) is 0 Å². The van der Waals surface area contributed by atoms with E-state index in [0.29, 0.717) is 16.5 Å². The molecule has 1 amide bonds. The van der Waals surface area contributed by atoms with Crippen LogP contribution in [0.4, 0.5) is 5.69 Å². The van der Waals surface area contributed by atoms with E-state index in [-0.39, 0.29) is 12.5 Å². The number of hydrogen-bond donors (Lipinski definition) is 1. The van der Waals surface area contributed by atoms with Crippen molar-refractivity contribution in [1.29, 1.82) is 0 Å². The van der Waals surface area contributed by atoms with Gasteiger partial charge in [0.1, 0.15) is 5.75 Å². The van der Waals surface area contributed by atoms with Gasteiger partial charge in [-0.15, -0.1) is 0 Å². The predicted molar refractivity (Wildman–Crippen MR) is 67.2 cm³/mol. The Labute approximate surface area is 105 Å². The quantitative estimate of drug-likeness (QED) is 0.839. The zero-order valence-corrected chi connectivity index (χ0v) is 10.2. The molecule has 92 valence electrons. The van der Waals surface area contributed by atoms with Crippen LogP contribution in [0.25, 0.3) is 0 Å². The first kappa shape index (κ1) is 12.0. The Morgan fingerprint density at radius 1 is 1.41 bits per heavy atom. The summed E-state index contributed by atoms with van der Waals surface area (Å²) in [5.41, 5.74) is 6.21. The van der Waals surface area contributed by atoms with Crippen LogP contribution in [0.2, 0.25) is 5.02 Å². The van der Waals surface area contributed by atoms with Gasteiger partial charge in [-0.1, -0.05) is 11.6 Å². The van der Waals surface area contributed by atoms with Gasteiger partial charge >= 0.3 is 0 Å². The van der Waals surface area contributed by atoms with Crippen molar-refractivity contribution in [2.75, 3.05) is 25.4 Å². The molecule has 1 aliphatic heterocycles. The van der Waals surface area contributed by atoms with Gasteiger partial charge in [-0.25, -0.2) is 0 Å². The summed E-state index contributed by atoms with van der Waals surface area (Å²) in [4.78, 5) is 13.5. The Morgan fingerprint density at radius 3 is 2.82 bits per heavy atom. The molecule has 0 spiro atoms. The molecular weight excluding hydrogens is 240 g/mol. The summed E-state index contributed by atoms with van der Waals surface area (Å²) in [6.07, 6.45) is 2.15. The highest BCUT2D eigenvalue weighted by atomic mass is 35.5. The van der Waals surface area contributed by atoms with Gasteiger partial charge in [-0.3, -0.25) is 4.79 Å². The highest BCUT2D eigenvalue weighted by Crippen LogP contribution is 2.25. The fourth-order valence-electron chi connectivity index (χ4n) is 1.83. The number of nitrogens with two attached hydrogens (primary N) is 1. The maximum absolute atomic E-state index is 11.7. The summed E-state index contributed by atoms with van der Waals surface area (Å²) >= 11 is 5.83. The van der Waals surface area contributed by atoms with Crippen molar-refractivity contribution in [3.8, 4) is 5.75 Å². The smallest absolute Gasteiger partial charge is 0.260 e. The summed E-state index contributed by atoms with van der Waals surface area (Å²) in [7, 11) is 0. The molecule has 0 radical (unpaired) electrons. The lowest BCUT2D eigenvalue weighted by Gasteiger charge is -2.16. The Hall–Kier alpha value is -1.42. The minimum absolute atomic E-state index is 0.00174. The Bertz CT molecular complexity index is 417. The lowest BCUT2D eigenvalue weighted by molar-refractivity contribution is -0.132. The number of rotatable bonds is 3. The van der Waals surface area contributed by atoms with E-state index in [0.717, 1.165) is 25.9 Å². The van der Waals surface area contributed by atoms with E-state index >= 15 is 0 Å². The zero-order chi connectivity index (χ0) is 12.3. The van der Waals surface area contributed by atoms with Crippen LogP contribution in [-0.2, 0) is 4.79 Å². The largest absolute Gasteiger partial charge is 0.482 e. The average molecular weight is 255 g/mol. The molecule has 1 saturated heterocycles. The van der Waals surface area contributed by atoms with Crippen molar-refractivity contribution in [3.63, 3.8) is 0 Å². The lowest BCUT2D eigenvalue weighted by atomic mass is 10.3. The number of carbonyl (C=O) groups is 1. The van der Waals surface area contributed by atoms with Gasteiger partial charge in [-0.2, -0.15) is 0 Å². The maximum atomic E-state index is 11.7. The number of benzene rings is 1. The van der Waals surface area contributed by atoms with Crippen LogP contribution in [0.15, 0.2) is 18.2 Å². The zero-order valence-electron chi connectivity index (χ0n) is 9.49. The Morgan fingerprint density at radius 2 is 2.12 bits per heavy atom. The SMILES string of the molecule is Nc1ccc(Cl)cc1OCC(=O)N1CCCC1. The van der Waals surface area contributed by atoms with E-state index < -0.39 is 0 Å². The number of anilines is 1. The summed E-state index contributed by atoms with van der Waals surface area (Å²) in [6, 6.07) is 4.97. The van der Waals surface area contributed by atoms with Gasteiger partial charge in [0.2, 0.25) is 0 Å². The van der Waals surface area contributed by atoms with Gasteiger partial charge in [0.25, 0.3) is 5.91 Å². The van der Waals surface area contributed by atoms with Crippen molar-refractivity contribution in [2.45, 2.75) is 12.8 Å². The monoisotopic (exact) mass is 254 g/mol. The molecule has 2 rings (SSSR count). The molecule has 2 N–H and O–H groups in total. The minimum atomic E-state index is 0.00174. The molecule has 1 aromatic rings. The first-order chi connectivity index (χ1) is 8.16. The number of halogens is 1. The second-order valence-corrected chi connectivity index (χ2v) is 4.50. The standard InChI is InChI=1S/C12H15ClN2O2/c13-9-3-4-10(14)11(7-9)17-8-12(16)15-5-1-2-6-15/h3-4,7H,1-2,5-6,8,14H2. The van der Waals surface area contributed by atoms with Gasteiger partial charge in [0.15, 0.2) is 6.61 Å². The van der Waals surface area contributed by atoms with Crippen LogP contribution in [0.3, 0.4) is 0 Å². The first-order valence-corrected chi connectivity index (χ1v) is 6.00. The molecule has 0 bridgehead atoms. The highest BCUT2D eigenvalue weighted by Gasteiger charge is 2.18. The summed E-state index contributed by atoms with van der Waals surface area (Å²) in [6.45, 7) is 1.67. The van der Waals surface area contributed by atoms with Crippen molar-refractivity contribution < 1.29 is 9.53 Å². The fourth-order valence-corrected chi connectivity index (χ4v) is 1.99. The molecule has 1 heterocycles. The van der Waals surface area contributed by atoms with E-state index in [1.807, 2.05) is 0 Å². The second-order valence-electron chi connectivity index (χ2n) is 4.06. The predicted octanol–water partition coefficient (Wildman–Crippen LogP) is 1.92. The van der Waals surface area contributed by atoms with Crippen LogP contribution >= 0.6 is 11.6 Å². The van der Waals surface area contributed by atoms with Crippen LogP contribution in [0, 0.1) is 0 Å². The normalized spacial score (nSPS) is 15.0. The van der Waals surface area contributed by atoms with Crippen molar-refractivity contribution >= 4 is 23.2 Å². The lowest BCUT2D eigenvalue weighted by Crippen LogP contribution is -2.32. The Kier molecular flexibility index (Phi) is 3.74. The van der Waals surface area contributed by atoms with E-state index in [2.05, 4.69) is 0 Å². The molecule has 17 heavy (non-hydrogen) atoms. The molecule has 0 unspecified atom stereocenters. The second kappa shape index (κ2) is 5.27. The van der Waals surface area contributed by atoms with Crippen molar-refractivity contribution in [2.24, 2.45) is 0 Å². The molecule has 1 fully saturated rings.